The van der Waals surface area contributed by atoms with Gasteiger partial charge in [0, 0.05) is 84.2 Å². The molecule has 7 heteroatoms. The maximum Gasteiger partial charge on any atom is 0.259 e. The summed E-state index contributed by atoms with van der Waals surface area (Å²) < 4.78 is 37.3. The molecule has 2 aliphatic rings. The monoisotopic (exact) mass is 519 g/mol. The highest BCUT2D eigenvalue weighted by atomic mass is 16.2. The highest BCUT2D eigenvalue weighted by Crippen LogP contribution is 2.40. The minimum Gasteiger partial charge on any atom is -0.350 e. The minimum absolute atomic E-state index is 0.119. The van der Waals surface area contributed by atoms with Crippen molar-refractivity contribution in [1.82, 2.24) is 24.3 Å². The van der Waals surface area contributed by atoms with Gasteiger partial charge in [0.1, 0.15) is 0 Å². The lowest BCUT2D eigenvalue weighted by Gasteiger charge is -2.33. The third kappa shape index (κ3) is 3.97. The molecule has 0 radical (unpaired) electrons. The van der Waals surface area contributed by atoms with Crippen LogP contribution in [0.4, 0.5) is 0 Å². The van der Waals surface area contributed by atoms with Crippen molar-refractivity contribution in [3.63, 3.8) is 0 Å². The maximum atomic E-state index is 13.5. The second kappa shape index (κ2) is 9.36. The average Bonchev–Trinajstić information content (AvgIpc) is 3.65. The molecule has 194 valence electrons. The van der Waals surface area contributed by atoms with E-state index in [0.717, 1.165) is 49.1 Å². The molecule has 2 amide bonds. The van der Waals surface area contributed by atoms with Gasteiger partial charge in [0.15, 0.2) is 0 Å². The molecule has 1 saturated heterocycles. The van der Waals surface area contributed by atoms with Gasteiger partial charge in [-0.05, 0) is 37.1 Å². The molecular weight excluding hydrogens is 486 g/mol. The fourth-order valence-electron chi connectivity index (χ4n) is 6.03. The molecule has 5 heterocycles. The number of imide groups is 1. The van der Waals surface area contributed by atoms with Crippen molar-refractivity contribution in [2.24, 2.45) is 7.05 Å². The van der Waals surface area contributed by atoms with Gasteiger partial charge in [-0.2, -0.15) is 0 Å². The van der Waals surface area contributed by atoms with Crippen LogP contribution >= 0.6 is 0 Å². The molecule has 7 nitrogen and oxygen atoms in total. The molecule has 0 unspecified atom stereocenters. The van der Waals surface area contributed by atoms with E-state index >= 15 is 0 Å². The van der Waals surface area contributed by atoms with E-state index in [0.29, 0.717) is 11.1 Å². The number of hydrogen-bond acceptors (Lipinski definition) is 4. The number of para-hydroxylation sites is 2. The number of piperidine rings is 1. The highest BCUT2D eigenvalue weighted by molar-refractivity contribution is 6.50. The lowest BCUT2D eigenvalue weighted by atomic mass is 9.95. The van der Waals surface area contributed by atoms with E-state index in [2.05, 4.69) is 19.8 Å². The molecule has 0 bridgehead atoms. The van der Waals surface area contributed by atoms with Gasteiger partial charge in [-0.15, -0.1) is 0 Å². The van der Waals surface area contributed by atoms with Crippen molar-refractivity contribution in [3.8, 4) is 0 Å². The summed E-state index contributed by atoms with van der Waals surface area (Å²) in [5.41, 5.74) is 3.56. The SMILES string of the molecule is [2H]c1c([2H])c([2H])c2c(c(C3=C(c4cn(C5CCN(Cc6ccccn6)CC5)c5ccccc45)C(=O)NC3=O)cn2C)c1[2H]. The Bertz CT molecular complexity index is 1990. The largest absolute Gasteiger partial charge is 0.350 e. The quantitative estimate of drug-likeness (QED) is 0.334. The van der Waals surface area contributed by atoms with Gasteiger partial charge >= 0.3 is 0 Å². The molecule has 0 spiro atoms. The first kappa shape index (κ1) is 19.6. The molecule has 2 aromatic carbocycles. The van der Waals surface area contributed by atoms with E-state index in [9.17, 15) is 9.59 Å². The van der Waals surface area contributed by atoms with Crippen LogP contribution in [-0.2, 0) is 23.2 Å². The Balaban J connectivity index is 1.33. The molecular formula is C32H29N5O2. The van der Waals surface area contributed by atoms with Gasteiger partial charge in [0.2, 0.25) is 0 Å². The average molecular weight is 520 g/mol. The molecule has 1 N–H and O–H groups in total. The van der Waals surface area contributed by atoms with Gasteiger partial charge < -0.3 is 9.13 Å². The fourth-order valence-corrected chi connectivity index (χ4v) is 6.03. The first-order valence-electron chi connectivity index (χ1n) is 15.1. The number of carbonyl (C=O) groups excluding carboxylic acids is 2. The molecule has 2 aliphatic heterocycles. The van der Waals surface area contributed by atoms with Crippen LogP contribution in [0.2, 0.25) is 0 Å². The second-order valence-corrected chi connectivity index (χ2v) is 10.2. The summed E-state index contributed by atoms with van der Waals surface area (Å²) in [4.78, 5) is 33.7. The van der Waals surface area contributed by atoms with Crippen molar-refractivity contribution in [2.45, 2.75) is 25.4 Å². The Morgan fingerprint density at radius 3 is 2.38 bits per heavy atom. The van der Waals surface area contributed by atoms with E-state index in [4.69, 9.17) is 5.48 Å². The van der Waals surface area contributed by atoms with Gasteiger partial charge in [-0.1, -0.05) is 42.4 Å². The Morgan fingerprint density at radius 2 is 1.62 bits per heavy atom. The number of nitrogens with zero attached hydrogens (tertiary/aromatic N) is 4. The van der Waals surface area contributed by atoms with Gasteiger partial charge in [-0.25, -0.2) is 0 Å². The fraction of sp³-hybridized carbons (Fsp3) is 0.219. The summed E-state index contributed by atoms with van der Waals surface area (Å²) >= 11 is 0. The van der Waals surface area contributed by atoms with Crippen molar-refractivity contribution in [2.75, 3.05) is 13.1 Å². The van der Waals surface area contributed by atoms with E-state index in [-0.39, 0.29) is 52.3 Å². The van der Waals surface area contributed by atoms with Gasteiger partial charge in [-0.3, -0.25) is 24.8 Å². The number of amides is 2. The number of hydrogen-bond donors (Lipinski definition) is 1. The molecule has 39 heavy (non-hydrogen) atoms. The van der Waals surface area contributed by atoms with Crippen LogP contribution < -0.4 is 5.32 Å². The molecule has 5 aromatic rings. The Labute approximate surface area is 232 Å². The van der Waals surface area contributed by atoms with Crippen LogP contribution in [0.5, 0.6) is 0 Å². The molecule has 0 saturated carbocycles. The minimum atomic E-state index is -0.584. The summed E-state index contributed by atoms with van der Waals surface area (Å²) in [7, 11) is 1.67. The number of fused-ring (bicyclic) bond motifs is 2. The van der Waals surface area contributed by atoms with Crippen LogP contribution in [0.1, 0.15) is 41.2 Å². The Kier molecular flexibility index (Phi) is 4.69. The second-order valence-electron chi connectivity index (χ2n) is 10.2. The summed E-state index contributed by atoms with van der Waals surface area (Å²) in [6, 6.07) is 12.9. The molecule has 0 aliphatic carbocycles. The maximum absolute atomic E-state index is 13.5. The van der Waals surface area contributed by atoms with Crippen LogP contribution in [0, 0.1) is 0 Å². The highest BCUT2D eigenvalue weighted by Gasteiger charge is 2.36. The zero-order valence-corrected chi connectivity index (χ0v) is 21.5. The van der Waals surface area contributed by atoms with E-state index in [1.807, 2.05) is 54.9 Å². The zero-order chi connectivity index (χ0) is 30.0. The first-order valence-corrected chi connectivity index (χ1v) is 13.1. The molecule has 7 rings (SSSR count). The Morgan fingerprint density at radius 1 is 0.897 bits per heavy atom. The van der Waals surface area contributed by atoms with E-state index in [1.165, 1.54) is 0 Å². The summed E-state index contributed by atoms with van der Waals surface area (Å²) in [5, 5.41) is 3.52. The lowest BCUT2D eigenvalue weighted by molar-refractivity contribution is -0.122. The third-order valence-electron chi connectivity index (χ3n) is 7.89. The summed E-state index contributed by atoms with van der Waals surface area (Å²) in [6.07, 6.45) is 7.24. The zero-order valence-electron chi connectivity index (χ0n) is 25.5. The van der Waals surface area contributed by atoms with E-state index < -0.39 is 11.8 Å². The van der Waals surface area contributed by atoms with E-state index in [1.54, 1.807) is 17.8 Å². The summed E-state index contributed by atoms with van der Waals surface area (Å²) in [6.45, 7) is 2.61. The number of benzene rings is 2. The topological polar surface area (TPSA) is 72.2 Å². The third-order valence-corrected chi connectivity index (χ3v) is 7.89. The van der Waals surface area contributed by atoms with Crippen LogP contribution in [-0.4, -0.2) is 43.9 Å². The van der Waals surface area contributed by atoms with Crippen LogP contribution in [0.3, 0.4) is 0 Å². The van der Waals surface area contributed by atoms with Crippen molar-refractivity contribution < 1.29 is 15.1 Å². The van der Waals surface area contributed by atoms with Crippen molar-refractivity contribution in [1.29, 1.82) is 0 Å². The number of pyridine rings is 1. The first-order chi connectivity index (χ1) is 20.7. The smallest absolute Gasteiger partial charge is 0.259 e. The van der Waals surface area contributed by atoms with Crippen molar-refractivity contribution in [3.05, 3.63) is 102 Å². The molecule has 1 fully saturated rings. The van der Waals surface area contributed by atoms with Crippen LogP contribution in [0.15, 0.2) is 85.2 Å². The number of aryl methyl sites for hydroxylation is 1. The molecule has 0 atom stereocenters. The van der Waals surface area contributed by atoms with Crippen molar-refractivity contribution >= 4 is 44.8 Å². The van der Waals surface area contributed by atoms with Crippen LogP contribution in [0.25, 0.3) is 33.0 Å². The number of nitrogens with one attached hydrogen (secondary N) is 1. The normalized spacial score (nSPS) is 18.5. The number of carbonyl (C=O) groups is 2. The summed E-state index contributed by atoms with van der Waals surface area (Å²) in [5.74, 6) is -1.11. The number of aromatic nitrogens is 3. The Hall–Kier alpha value is -4.49. The van der Waals surface area contributed by atoms with Gasteiger partial charge in [0.25, 0.3) is 11.8 Å². The number of rotatable bonds is 5. The number of likely N-dealkylation sites (tertiary alicyclic amines) is 1. The lowest BCUT2D eigenvalue weighted by Crippen LogP contribution is -2.34. The molecule has 3 aromatic heterocycles. The predicted molar refractivity (Wildman–Crippen MR) is 153 cm³/mol. The van der Waals surface area contributed by atoms with Gasteiger partial charge in [0.05, 0.1) is 22.3 Å². The predicted octanol–water partition coefficient (Wildman–Crippen LogP) is 4.93. The standard InChI is InChI=1S/C32H29N5O2/c1-35-19-25(23-9-2-4-11-27(23)35)29-30(32(39)34-31(29)38)26-20-37(28-12-5-3-10-24(26)28)22-13-16-36(17-14-22)18-21-8-6-7-15-33-21/h2-12,15,19-20,22H,13-14,16-18H2,1H3,(H,34,38,39)/i2D,4D,9D,11D.